The zero-order chi connectivity index (χ0) is 19.3. The lowest BCUT2D eigenvalue weighted by Gasteiger charge is -2.27. The molecule has 0 saturated carbocycles. The number of benzene rings is 1. The molecule has 0 spiro atoms. The summed E-state index contributed by atoms with van der Waals surface area (Å²) in [6.07, 6.45) is 0.484. The molecule has 0 atom stereocenters. The Balaban J connectivity index is 2.11. The van der Waals surface area contributed by atoms with Crippen LogP contribution in [0.1, 0.15) is 43.1 Å². The van der Waals surface area contributed by atoms with E-state index in [0.717, 1.165) is 18.7 Å². The molecule has 0 N–H and O–H groups in total. The molecule has 140 valence electrons. The van der Waals surface area contributed by atoms with E-state index in [0.29, 0.717) is 19.6 Å². The van der Waals surface area contributed by atoms with E-state index in [1.807, 2.05) is 26.8 Å². The highest BCUT2D eigenvalue weighted by atomic mass is 16.6. The Morgan fingerprint density at radius 2 is 1.88 bits per heavy atom. The quantitative estimate of drug-likeness (QED) is 0.755. The zero-order valence-corrected chi connectivity index (χ0v) is 15.7. The first-order chi connectivity index (χ1) is 12.2. The summed E-state index contributed by atoms with van der Waals surface area (Å²) in [5.74, 6) is -0.528. The summed E-state index contributed by atoms with van der Waals surface area (Å²) < 4.78 is 10.1. The van der Waals surface area contributed by atoms with E-state index in [2.05, 4.69) is 4.90 Å². The third-order valence-electron chi connectivity index (χ3n) is 4.04. The SMILES string of the molecule is COC(=O)c1ccc(N2CCCN(C(=O)OC(C)(C)C)CC2)cc1C#N. The van der Waals surface area contributed by atoms with Crippen molar-refractivity contribution in [3.05, 3.63) is 29.3 Å². The minimum atomic E-state index is -0.528. The molecule has 0 unspecified atom stereocenters. The number of methoxy groups -OCH3 is 1. The Kier molecular flexibility index (Phi) is 6.09. The predicted octanol–water partition coefficient (Wildman–Crippen LogP) is 2.79. The van der Waals surface area contributed by atoms with Crippen LogP contribution in [-0.2, 0) is 9.47 Å². The van der Waals surface area contributed by atoms with E-state index in [1.165, 1.54) is 7.11 Å². The van der Waals surface area contributed by atoms with Crippen LogP contribution in [-0.4, -0.2) is 55.9 Å². The lowest BCUT2D eigenvalue weighted by Crippen LogP contribution is -2.39. The monoisotopic (exact) mass is 359 g/mol. The number of ether oxygens (including phenoxy) is 2. The largest absolute Gasteiger partial charge is 0.465 e. The number of carbonyl (C=O) groups is 2. The second kappa shape index (κ2) is 8.09. The van der Waals surface area contributed by atoms with Gasteiger partial charge in [0.1, 0.15) is 11.7 Å². The fraction of sp³-hybridized carbons (Fsp3) is 0.526. The van der Waals surface area contributed by atoms with E-state index in [4.69, 9.17) is 9.47 Å². The van der Waals surface area contributed by atoms with E-state index in [1.54, 1.807) is 23.1 Å². The summed E-state index contributed by atoms with van der Waals surface area (Å²) in [4.78, 5) is 27.8. The summed E-state index contributed by atoms with van der Waals surface area (Å²) in [5.41, 5.74) is 0.862. The van der Waals surface area contributed by atoms with Gasteiger partial charge < -0.3 is 19.3 Å². The molecule has 1 heterocycles. The molecule has 1 aromatic rings. The van der Waals surface area contributed by atoms with Crippen molar-refractivity contribution >= 4 is 17.7 Å². The molecular formula is C19H25N3O4. The van der Waals surface area contributed by atoms with Crippen LogP contribution >= 0.6 is 0 Å². The molecule has 0 bridgehead atoms. The van der Waals surface area contributed by atoms with Crippen LogP contribution in [0.4, 0.5) is 10.5 Å². The molecule has 0 aromatic heterocycles. The van der Waals surface area contributed by atoms with Crippen molar-refractivity contribution in [2.75, 3.05) is 38.2 Å². The average Bonchev–Trinajstić information content (AvgIpc) is 2.85. The molecule has 1 aliphatic rings. The van der Waals surface area contributed by atoms with Gasteiger partial charge in [0.2, 0.25) is 0 Å². The number of nitrogens with zero attached hydrogens (tertiary/aromatic N) is 3. The zero-order valence-electron chi connectivity index (χ0n) is 15.7. The molecule has 26 heavy (non-hydrogen) atoms. The second-order valence-corrected chi connectivity index (χ2v) is 7.14. The number of anilines is 1. The van der Waals surface area contributed by atoms with Crippen LogP contribution in [0.2, 0.25) is 0 Å². The van der Waals surface area contributed by atoms with Crippen LogP contribution in [0.25, 0.3) is 0 Å². The topological polar surface area (TPSA) is 82.9 Å². The minimum absolute atomic E-state index is 0.254. The standard InChI is InChI=1S/C19H25N3O4/c1-19(2,3)26-18(24)22-9-5-8-21(10-11-22)15-6-7-16(17(23)25-4)14(12-15)13-20/h6-7,12H,5,8-11H2,1-4H3. The van der Waals surface area contributed by atoms with Crippen molar-refractivity contribution in [2.45, 2.75) is 32.8 Å². The first-order valence-corrected chi connectivity index (χ1v) is 8.60. The summed E-state index contributed by atoms with van der Waals surface area (Å²) in [7, 11) is 1.29. The van der Waals surface area contributed by atoms with Crippen LogP contribution in [0.3, 0.4) is 0 Å². The van der Waals surface area contributed by atoms with Gasteiger partial charge in [-0.05, 0) is 45.4 Å². The van der Waals surface area contributed by atoms with Gasteiger partial charge in [-0.25, -0.2) is 9.59 Å². The van der Waals surface area contributed by atoms with Gasteiger partial charge in [-0.1, -0.05) is 0 Å². The normalized spacial score (nSPS) is 15.0. The molecule has 0 aliphatic carbocycles. The van der Waals surface area contributed by atoms with Gasteiger partial charge >= 0.3 is 12.1 Å². The van der Waals surface area contributed by atoms with Crippen molar-refractivity contribution in [3.63, 3.8) is 0 Å². The number of carbonyl (C=O) groups excluding carboxylic acids is 2. The van der Waals surface area contributed by atoms with Crippen molar-refractivity contribution in [1.82, 2.24) is 4.90 Å². The number of esters is 1. The van der Waals surface area contributed by atoms with E-state index in [-0.39, 0.29) is 17.2 Å². The number of rotatable bonds is 2. The van der Waals surface area contributed by atoms with Crippen molar-refractivity contribution in [1.29, 1.82) is 5.26 Å². The lowest BCUT2D eigenvalue weighted by molar-refractivity contribution is 0.0263. The molecule has 0 radical (unpaired) electrons. The van der Waals surface area contributed by atoms with Crippen molar-refractivity contribution in [3.8, 4) is 6.07 Å². The highest BCUT2D eigenvalue weighted by molar-refractivity contribution is 5.92. The van der Waals surface area contributed by atoms with Crippen LogP contribution < -0.4 is 4.90 Å². The molecule has 1 aromatic carbocycles. The third kappa shape index (κ3) is 4.88. The maximum Gasteiger partial charge on any atom is 0.410 e. The van der Waals surface area contributed by atoms with E-state index < -0.39 is 11.6 Å². The van der Waals surface area contributed by atoms with Gasteiger partial charge in [0.15, 0.2) is 0 Å². The van der Waals surface area contributed by atoms with Crippen molar-refractivity contribution in [2.24, 2.45) is 0 Å². The third-order valence-corrected chi connectivity index (χ3v) is 4.04. The smallest absolute Gasteiger partial charge is 0.410 e. The fourth-order valence-corrected chi connectivity index (χ4v) is 2.79. The molecular weight excluding hydrogens is 334 g/mol. The summed E-state index contributed by atoms with van der Waals surface area (Å²) >= 11 is 0. The Morgan fingerprint density at radius 1 is 1.15 bits per heavy atom. The average molecular weight is 359 g/mol. The maximum absolute atomic E-state index is 12.3. The summed E-state index contributed by atoms with van der Waals surface area (Å²) in [6, 6.07) is 7.15. The molecule has 1 aliphatic heterocycles. The van der Waals surface area contributed by atoms with E-state index in [9.17, 15) is 14.9 Å². The number of nitriles is 1. The van der Waals surface area contributed by atoms with Gasteiger partial charge in [0, 0.05) is 31.9 Å². The van der Waals surface area contributed by atoms with Crippen LogP contribution in [0.5, 0.6) is 0 Å². The van der Waals surface area contributed by atoms with Gasteiger partial charge in [-0.15, -0.1) is 0 Å². The molecule has 1 amide bonds. The van der Waals surface area contributed by atoms with Gasteiger partial charge in [-0.3, -0.25) is 0 Å². The summed E-state index contributed by atoms with van der Waals surface area (Å²) in [6.45, 7) is 8.08. The first-order valence-electron chi connectivity index (χ1n) is 8.60. The molecule has 2 rings (SSSR count). The lowest BCUT2D eigenvalue weighted by atomic mass is 10.1. The highest BCUT2D eigenvalue weighted by Gasteiger charge is 2.25. The van der Waals surface area contributed by atoms with Gasteiger partial charge in [0.25, 0.3) is 0 Å². The Labute approximate surface area is 154 Å². The van der Waals surface area contributed by atoms with Gasteiger partial charge in [0.05, 0.1) is 18.2 Å². The van der Waals surface area contributed by atoms with Gasteiger partial charge in [-0.2, -0.15) is 5.26 Å². The van der Waals surface area contributed by atoms with E-state index >= 15 is 0 Å². The minimum Gasteiger partial charge on any atom is -0.465 e. The number of hydrogen-bond donors (Lipinski definition) is 0. The predicted molar refractivity (Wildman–Crippen MR) is 97.1 cm³/mol. The Hall–Kier alpha value is -2.75. The Morgan fingerprint density at radius 3 is 2.50 bits per heavy atom. The fourth-order valence-electron chi connectivity index (χ4n) is 2.79. The number of hydrogen-bond acceptors (Lipinski definition) is 6. The van der Waals surface area contributed by atoms with Crippen LogP contribution in [0, 0.1) is 11.3 Å². The summed E-state index contributed by atoms with van der Waals surface area (Å²) in [5, 5.41) is 9.32. The highest BCUT2D eigenvalue weighted by Crippen LogP contribution is 2.22. The molecule has 7 nitrogen and oxygen atoms in total. The Bertz CT molecular complexity index is 718. The van der Waals surface area contributed by atoms with Crippen molar-refractivity contribution < 1.29 is 19.1 Å². The first kappa shape index (κ1) is 19.6. The van der Waals surface area contributed by atoms with Crippen LogP contribution in [0.15, 0.2) is 18.2 Å². The molecule has 1 saturated heterocycles. The molecule has 1 fully saturated rings. The molecule has 7 heteroatoms. The maximum atomic E-state index is 12.3. The number of amides is 1. The second-order valence-electron chi connectivity index (χ2n) is 7.14.